The lowest BCUT2D eigenvalue weighted by molar-refractivity contribution is 0.0697. The van der Waals surface area contributed by atoms with E-state index < -0.39 is 5.97 Å². The molecule has 16 heavy (non-hydrogen) atoms. The highest BCUT2D eigenvalue weighted by atomic mass is 16.4. The molecule has 2 atom stereocenters. The van der Waals surface area contributed by atoms with Gasteiger partial charge in [0.15, 0.2) is 0 Å². The molecule has 0 amide bonds. The molecular formula is C12H16N2O2. The van der Waals surface area contributed by atoms with Crippen molar-refractivity contribution in [3.05, 3.63) is 24.0 Å². The van der Waals surface area contributed by atoms with Crippen LogP contribution in [-0.2, 0) is 0 Å². The van der Waals surface area contributed by atoms with E-state index in [4.69, 9.17) is 5.11 Å². The lowest BCUT2D eigenvalue weighted by atomic mass is 10.1. The van der Waals surface area contributed by atoms with Gasteiger partial charge >= 0.3 is 5.97 Å². The van der Waals surface area contributed by atoms with E-state index >= 15 is 0 Å². The zero-order valence-corrected chi connectivity index (χ0v) is 9.55. The molecule has 0 bridgehead atoms. The van der Waals surface area contributed by atoms with Gasteiger partial charge in [-0.15, -0.1) is 0 Å². The maximum atomic E-state index is 11.1. The summed E-state index contributed by atoms with van der Waals surface area (Å²) in [6.45, 7) is 5.25. The van der Waals surface area contributed by atoms with Crippen molar-refractivity contribution in [2.45, 2.75) is 26.3 Å². The first-order valence-electron chi connectivity index (χ1n) is 5.53. The summed E-state index contributed by atoms with van der Waals surface area (Å²) in [6.07, 6.45) is 4.19. The number of rotatable bonds is 2. The minimum Gasteiger partial charge on any atom is -0.478 e. The van der Waals surface area contributed by atoms with E-state index in [0.717, 1.165) is 18.7 Å². The van der Waals surface area contributed by atoms with Crippen molar-refractivity contribution in [1.82, 2.24) is 4.98 Å². The number of nitrogens with zero attached hydrogens (tertiary/aromatic N) is 2. The molecule has 4 heteroatoms. The Morgan fingerprint density at radius 2 is 2.31 bits per heavy atom. The summed E-state index contributed by atoms with van der Waals surface area (Å²) in [5.41, 5.74) is 1.09. The second-order valence-electron chi connectivity index (χ2n) is 4.54. The molecule has 2 rings (SSSR count). The molecule has 1 N–H and O–H groups in total. The minimum atomic E-state index is -0.908. The molecular weight excluding hydrogens is 204 g/mol. The van der Waals surface area contributed by atoms with Crippen LogP contribution in [0.25, 0.3) is 0 Å². The summed E-state index contributed by atoms with van der Waals surface area (Å²) in [7, 11) is 0. The fourth-order valence-corrected chi connectivity index (χ4v) is 2.44. The van der Waals surface area contributed by atoms with Gasteiger partial charge in [-0.25, -0.2) is 4.79 Å². The van der Waals surface area contributed by atoms with Crippen molar-refractivity contribution in [2.75, 3.05) is 11.4 Å². The maximum absolute atomic E-state index is 11.1. The van der Waals surface area contributed by atoms with Crippen LogP contribution in [-0.4, -0.2) is 28.6 Å². The number of aromatic carboxylic acids is 1. The first kappa shape index (κ1) is 10.9. The lowest BCUT2D eigenvalue weighted by Gasteiger charge is -2.25. The molecule has 0 aliphatic carbocycles. The number of carboxylic acids is 1. The van der Waals surface area contributed by atoms with Gasteiger partial charge in [-0.1, -0.05) is 6.92 Å². The van der Waals surface area contributed by atoms with Crippen LogP contribution in [0.3, 0.4) is 0 Å². The minimum absolute atomic E-state index is 0.295. The molecule has 1 fully saturated rings. The van der Waals surface area contributed by atoms with Crippen molar-refractivity contribution in [3.63, 3.8) is 0 Å². The topological polar surface area (TPSA) is 53.4 Å². The third-order valence-electron chi connectivity index (χ3n) is 3.12. The quantitative estimate of drug-likeness (QED) is 0.828. The van der Waals surface area contributed by atoms with Crippen LogP contribution in [0.4, 0.5) is 5.69 Å². The molecule has 1 aromatic rings. The van der Waals surface area contributed by atoms with Crippen LogP contribution in [0.5, 0.6) is 0 Å². The lowest BCUT2D eigenvalue weighted by Crippen LogP contribution is -2.28. The van der Waals surface area contributed by atoms with Gasteiger partial charge in [-0.3, -0.25) is 4.98 Å². The van der Waals surface area contributed by atoms with Crippen LogP contribution in [0.2, 0.25) is 0 Å². The Balaban J connectivity index is 2.36. The third kappa shape index (κ3) is 1.87. The van der Waals surface area contributed by atoms with Crippen molar-refractivity contribution in [3.8, 4) is 0 Å². The maximum Gasteiger partial charge on any atom is 0.339 e. The monoisotopic (exact) mass is 220 g/mol. The van der Waals surface area contributed by atoms with Crippen LogP contribution < -0.4 is 4.90 Å². The Hall–Kier alpha value is -1.58. The van der Waals surface area contributed by atoms with E-state index in [-0.39, 0.29) is 0 Å². The molecule has 1 saturated heterocycles. The molecule has 0 radical (unpaired) electrons. The molecule has 0 unspecified atom stereocenters. The van der Waals surface area contributed by atoms with Gasteiger partial charge in [0.1, 0.15) is 5.56 Å². The Labute approximate surface area is 94.9 Å². The number of carboxylic acid groups (broad SMARTS) is 1. The first-order chi connectivity index (χ1) is 7.59. The van der Waals surface area contributed by atoms with Gasteiger partial charge in [-0.05, 0) is 25.3 Å². The molecule has 1 aliphatic rings. The Bertz CT molecular complexity index is 406. The van der Waals surface area contributed by atoms with E-state index in [2.05, 4.69) is 23.7 Å². The number of carbonyl (C=O) groups is 1. The van der Waals surface area contributed by atoms with E-state index in [9.17, 15) is 4.79 Å². The first-order valence-corrected chi connectivity index (χ1v) is 5.53. The standard InChI is InChI=1S/C12H16N2O2/c1-8-5-9(2)14(7-8)11-3-4-13-6-10(11)12(15)16/h3-4,6,8-9H,5,7H2,1-2H3,(H,15,16)/t8-,9+/m1/s1. The van der Waals surface area contributed by atoms with Gasteiger partial charge in [0.25, 0.3) is 0 Å². The van der Waals surface area contributed by atoms with E-state index in [1.807, 2.05) is 0 Å². The molecule has 0 aromatic carbocycles. The van der Waals surface area contributed by atoms with Crippen LogP contribution >= 0.6 is 0 Å². The highest BCUT2D eigenvalue weighted by Gasteiger charge is 2.28. The SMILES string of the molecule is C[C@@H]1C[C@H](C)N(c2ccncc2C(=O)O)C1. The second kappa shape index (κ2) is 4.12. The summed E-state index contributed by atoms with van der Waals surface area (Å²) in [6, 6.07) is 2.19. The van der Waals surface area contributed by atoms with Crippen molar-refractivity contribution < 1.29 is 9.90 Å². The number of anilines is 1. The van der Waals surface area contributed by atoms with Crippen LogP contribution in [0.15, 0.2) is 18.5 Å². The van der Waals surface area contributed by atoms with E-state index in [1.165, 1.54) is 6.20 Å². The second-order valence-corrected chi connectivity index (χ2v) is 4.54. The number of hydrogen-bond donors (Lipinski definition) is 1. The fraction of sp³-hybridized carbons (Fsp3) is 0.500. The summed E-state index contributed by atoms with van der Waals surface area (Å²) >= 11 is 0. The molecule has 0 saturated carbocycles. The molecule has 0 spiro atoms. The zero-order valence-electron chi connectivity index (χ0n) is 9.55. The largest absolute Gasteiger partial charge is 0.478 e. The van der Waals surface area contributed by atoms with Gasteiger partial charge in [0.2, 0.25) is 0 Å². The summed E-state index contributed by atoms with van der Waals surface area (Å²) in [5, 5.41) is 9.11. The average Bonchev–Trinajstić information content (AvgIpc) is 2.57. The molecule has 86 valence electrons. The molecule has 2 heterocycles. The Morgan fingerprint density at radius 1 is 1.56 bits per heavy atom. The van der Waals surface area contributed by atoms with Gasteiger partial charge in [0, 0.05) is 25.0 Å². The van der Waals surface area contributed by atoms with Crippen LogP contribution in [0, 0.1) is 5.92 Å². The van der Waals surface area contributed by atoms with E-state index in [1.54, 1.807) is 12.3 Å². The van der Waals surface area contributed by atoms with Crippen molar-refractivity contribution in [2.24, 2.45) is 5.92 Å². The fourth-order valence-electron chi connectivity index (χ4n) is 2.44. The number of pyridine rings is 1. The smallest absolute Gasteiger partial charge is 0.339 e. The van der Waals surface area contributed by atoms with Crippen molar-refractivity contribution >= 4 is 11.7 Å². The number of aromatic nitrogens is 1. The van der Waals surface area contributed by atoms with Gasteiger partial charge < -0.3 is 10.0 Å². The Morgan fingerprint density at radius 3 is 2.88 bits per heavy atom. The average molecular weight is 220 g/mol. The van der Waals surface area contributed by atoms with Gasteiger partial charge in [-0.2, -0.15) is 0 Å². The third-order valence-corrected chi connectivity index (χ3v) is 3.12. The van der Waals surface area contributed by atoms with E-state index in [0.29, 0.717) is 17.5 Å². The summed E-state index contributed by atoms with van der Waals surface area (Å²) < 4.78 is 0. The highest BCUT2D eigenvalue weighted by molar-refractivity contribution is 5.94. The Kier molecular flexibility index (Phi) is 2.81. The zero-order chi connectivity index (χ0) is 11.7. The normalized spacial score (nSPS) is 24.8. The summed E-state index contributed by atoms with van der Waals surface area (Å²) in [4.78, 5) is 17.1. The highest BCUT2D eigenvalue weighted by Crippen LogP contribution is 2.30. The van der Waals surface area contributed by atoms with Crippen LogP contribution in [0.1, 0.15) is 30.6 Å². The predicted molar refractivity (Wildman–Crippen MR) is 61.8 cm³/mol. The molecule has 1 aliphatic heterocycles. The predicted octanol–water partition coefficient (Wildman–Crippen LogP) is 2.01. The molecule has 4 nitrogen and oxygen atoms in total. The molecule has 1 aromatic heterocycles. The van der Waals surface area contributed by atoms with Gasteiger partial charge in [0.05, 0.1) is 5.69 Å². The van der Waals surface area contributed by atoms with Crippen molar-refractivity contribution in [1.29, 1.82) is 0 Å². The number of hydrogen-bond acceptors (Lipinski definition) is 3. The summed E-state index contributed by atoms with van der Waals surface area (Å²) in [5.74, 6) is -0.292.